The molecule has 0 radical (unpaired) electrons. The van der Waals surface area contributed by atoms with Crippen molar-refractivity contribution in [1.82, 2.24) is 0 Å². The number of carbonyl (C=O) groups is 2. The number of ether oxygens (including phenoxy) is 1. The third-order valence-corrected chi connectivity index (χ3v) is 3.84. The molecule has 1 heterocycles. The summed E-state index contributed by atoms with van der Waals surface area (Å²) in [4.78, 5) is 23.5. The van der Waals surface area contributed by atoms with E-state index in [2.05, 4.69) is 10.6 Å². The van der Waals surface area contributed by atoms with E-state index in [0.29, 0.717) is 12.8 Å². The maximum atomic E-state index is 12.1. The van der Waals surface area contributed by atoms with Gasteiger partial charge in [-0.1, -0.05) is 30.3 Å². The molecule has 1 aliphatic heterocycles. The molecule has 1 aliphatic rings. The molecule has 0 fully saturated rings. The number of anilines is 2. The molecule has 0 bridgehead atoms. The third kappa shape index (κ3) is 3.51. The number of fused-ring (bicyclic) bond motifs is 1. The maximum Gasteiger partial charge on any atom is 0.328 e. The maximum absolute atomic E-state index is 12.1. The Morgan fingerprint density at radius 2 is 2.04 bits per heavy atom. The molecule has 2 aromatic rings. The standard InChI is InChI=1S/C18H18N2O3/c1-23-18(22)16(9-12-5-3-2-4-6-12)19-14-7-8-15-13(10-14)11-17(21)20-15/h2-8,10,16,19H,9,11H2,1H3,(H,20,21)/t16-/m1/s1. The fourth-order valence-electron chi connectivity index (χ4n) is 2.71. The predicted octanol–water partition coefficient (Wildman–Crippen LogP) is 2.38. The van der Waals surface area contributed by atoms with Crippen LogP contribution >= 0.6 is 0 Å². The molecule has 1 atom stereocenters. The minimum absolute atomic E-state index is 0.00838. The molecule has 1 amide bonds. The highest BCUT2D eigenvalue weighted by Crippen LogP contribution is 2.26. The molecule has 5 nitrogen and oxygen atoms in total. The van der Waals surface area contributed by atoms with Crippen LogP contribution < -0.4 is 10.6 Å². The van der Waals surface area contributed by atoms with Crippen LogP contribution in [-0.2, 0) is 27.2 Å². The Morgan fingerprint density at radius 1 is 1.26 bits per heavy atom. The zero-order valence-corrected chi connectivity index (χ0v) is 12.8. The summed E-state index contributed by atoms with van der Waals surface area (Å²) in [6.07, 6.45) is 0.897. The minimum Gasteiger partial charge on any atom is -0.467 e. The summed E-state index contributed by atoms with van der Waals surface area (Å²) in [6, 6.07) is 14.9. The van der Waals surface area contributed by atoms with E-state index >= 15 is 0 Å². The van der Waals surface area contributed by atoms with Crippen molar-refractivity contribution < 1.29 is 14.3 Å². The Morgan fingerprint density at radius 3 is 2.78 bits per heavy atom. The van der Waals surface area contributed by atoms with Gasteiger partial charge in [0.15, 0.2) is 0 Å². The van der Waals surface area contributed by atoms with Gasteiger partial charge in [0, 0.05) is 17.8 Å². The van der Waals surface area contributed by atoms with E-state index in [1.54, 1.807) is 0 Å². The second kappa shape index (κ2) is 6.52. The smallest absolute Gasteiger partial charge is 0.328 e. The average molecular weight is 310 g/mol. The Kier molecular flexibility index (Phi) is 4.28. The number of hydrogen-bond acceptors (Lipinski definition) is 4. The van der Waals surface area contributed by atoms with Crippen molar-refractivity contribution in [3.05, 3.63) is 59.7 Å². The van der Waals surface area contributed by atoms with Crippen molar-refractivity contribution in [2.24, 2.45) is 0 Å². The molecule has 5 heteroatoms. The number of rotatable bonds is 5. The normalized spacial score (nSPS) is 13.9. The van der Waals surface area contributed by atoms with E-state index in [4.69, 9.17) is 4.74 Å². The van der Waals surface area contributed by atoms with E-state index in [1.807, 2.05) is 48.5 Å². The van der Waals surface area contributed by atoms with Crippen LogP contribution in [0.15, 0.2) is 48.5 Å². The lowest BCUT2D eigenvalue weighted by Gasteiger charge is -2.18. The Labute approximate surface area is 134 Å². The van der Waals surface area contributed by atoms with Gasteiger partial charge in [-0.05, 0) is 29.3 Å². The number of hydrogen-bond donors (Lipinski definition) is 2. The monoisotopic (exact) mass is 310 g/mol. The highest BCUT2D eigenvalue weighted by atomic mass is 16.5. The number of nitrogens with one attached hydrogen (secondary N) is 2. The van der Waals surface area contributed by atoms with E-state index in [9.17, 15) is 9.59 Å². The van der Waals surface area contributed by atoms with E-state index in [-0.39, 0.29) is 11.9 Å². The molecular weight excluding hydrogens is 292 g/mol. The van der Waals surface area contributed by atoms with Crippen LogP contribution in [0.2, 0.25) is 0 Å². The lowest BCUT2D eigenvalue weighted by molar-refractivity contribution is -0.141. The van der Waals surface area contributed by atoms with Crippen molar-refractivity contribution in [1.29, 1.82) is 0 Å². The van der Waals surface area contributed by atoms with E-state index < -0.39 is 6.04 Å². The largest absolute Gasteiger partial charge is 0.467 e. The zero-order valence-electron chi connectivity index (χ0n) is 12.8. The molecule has 0 saturated carbocycles. The Bertz CT molecular complexity index is 728. The van der Waals surface area contributed by atoms with Crippen LogP contribution in [0.25, 0.3) is 0 Å². The molecule has 2 N–H and O–H groups in total. The van der Waals surface area contributed by atoms with Crippen LogP contribution in [-0.4, -0.2) is 25.0 Å². The molecule has 0 spiro atoms. The Balaban J connectivity index is 1.78. The van der Waals surface area contributed by atoms with Crippen LogP contribution in [0.1, 0.15) is 11.1 Å². The summed E-state index contributed by atoms with van der Waals surface area (Å²) in [6.45, 7) is 0. The summed E-state index contributed by atoms with van der Waals surface area (Å²) < 4.78 is 4.90. The minimum atomic E-state index is -0.481. The fourth-order valence-corrected chi connectivity index (χ4v) is 2.71. The molecule has 0 aliphatic carbocycles. The van der Waals surface area contributed by atoms with Gasteiger partial charge in [0.25, 0.3) is 0 Å². The zero-order chi connectivity index (χ0) is 16.2. The van der Waals surface area contributed by atoms with Gasteiger partial charge in [-0.3, -0.25) is 4.79 Å². The lowest BCUT2D eigenvalue weighted by Crippen LogP contribution is -2.32. The van der Waals surface area contributed by atoms with Gasteiger partial charge >= 0.3 is 5.97 Å². The van der Waals surface area contributed by atoms with Crippen LogP contribution in [0.3, 0.4) is 0 Å². The topological polar surface area (TPSA) is 67.4 Å². The first kappa shape index (κ1) is 15.1. The van der Waals surface area contributed by atoms with Gasteiger partial charge in [0.2, 0.25) is 5.91 Å². The van der Waals surface area contributed by atoms with Crippen molar-refractivity contribution in [2.45, 2.75) is 18.9 Å². The average Bonchev–Trinajstić information content (AvgIpc) is 2.93. The third-order valence-electron chi connectivity index (χ3n) is 3.84. The highest BCUT2D eigenvalue weighted by molar-refractivity contribution is 5.99. The number of esters is 1. The second-order valence-corrected chi connectivity index (χ2v) is 5.51. The number of methoxy groups -OCH3 is 1. The number of carbonyl (C=O) groups excluding carboxylic acids is 2. The molecule has 23 heavy (non-hydrogen) atoms. The van der Waals surface area contributed by atoms with Crippen molar-refractivity contribution >= 4 is 23.3 Å². The molecule has 0 saturated heterocycles. The lowest BCUT2D eigenvalue weighted by atomic mass is 10.1. The van der Waals surface area contributed by atoms with Crippen LogP contribution in [0.5, 0.6) is 0 Å². The van der Waals surface area contributed by atoms with Gasteiger partial charge in [0.05, 0.1) is 13.5 Å². The van der Waals surface area contributed by atoms with E-state index in [0.717, 1.165) is 22.5 Å². The molecule has 0 aromatic heterocycles. The van der Waals surface area contributed by atoms with Gasteiger partial charge in [0.1, 0.15) is 6.04 Å². The number of amides is 1. The first-order valence-electron chi connectivity index (χ1n) is 7.47. The van der Waals surface area contributed by atoms with Crippen LogP contribution in [0, 0.1) is 0 Å². The second-order valence-electron chi connectivity index (χ2n) is 5.51. The predicted molar refractivity (Wildman–Crippen MR) is 88.3 cm³/mol. The Hall–Kier alpha value is -2.82. The molecular formula is C18H18N2O3. The summed E-state index contributed by atoms with van der Waals surface area (Å²) in [5.74, 6) is -0.325. The van der Waals surface area contributed by atoms with Crippen molar-refractivity contribution in [3.8, 4) is 0 Å². The fraction of sp³-hybridized carbons (Fsp3) is 0.222. The van der Waals surface area contributed by atoms with Gasteiger partial charge in [-0.25, -0.2) is 4.79 Å². The molecule has 0 unspecified atom stereocenters. The highest BCUT2D eigenvalue weighted by Gasteiger charge is 2.22. The van der Waals surface area contributed by atoms with Crippen molar-refractivity contribution in [3.63, 3.8) is 0 Å². The van der Waals surface area contributed by atoms with Gasteiger partial charge in [-0.15, -0.1) is 0 Å². The van der Waals surface area contributed by atoms with Gasteiger partial charge < -0.3 is 15.4 Å². The first-order chi connectivity index (χ1) is 11.2. The molecule has 3 rings (SSSR count). The van der Waals surface area contributed by atoms with E-state index in [1.165, 1.54) is 7.11 Å². The molecule has 118 valence electrons. The van der Waals surface area contributed by atoms with Crippen LogP contribution in [0.4, 0.5) is 11.4 Å². The summed E-state index contributed by atoms with van der Waals surface area (Å²) in [5, 5.41) is 6.00. The number of benzene rings is 2. The SMILES string of the molecule is COC(=O)[C@@H](Cc1ccccc1)Nc1ccc2c(c1)CC(=O)N2. The first-order valence-corrected chi connectivity index (χ1v) is 7.47. The van der Waals surface area contributed by atoms with Crippen molar-refractivity contribution in [2.75, 3.05) is 17.7 Å². The quantitative estimate of drug-likeness (QED) is 0.832. The van der Waals surface area contributed by atoms with Gasteiger partial charge in [-0.2, -0.15) is 0 Å². The summed E-state index contributed by atoms with van der Waals surface area (Å²) >= 11 is 0. The molecule has 2 aromatic carbocycles. The summed E-state index contributed by atoms with van der Waals surface area (Å²) in [5.41, 5.74) is 3.61. The summed E-state index contributed by atoms with van der Waals surface area (Å²) in [7, 11) is 1.38.